The van der Waals surface area contributed by atoms with Crippen LogP contribution in [0.2, 0.25) is 0 Å². The Balaban J connectivity index is 2.02. The molecule has 0 aromatic heterocycles. The zero-order valence-corrected chi connectivity index (χ0v) is 13.2. The van der Waals surface area contributed by atoms with E-state index in [2.05, 4.69) is 21.2 Å². The molecule has 1 aliphatic rings. The number of nitrogens with two attached hydrogens (primary N) is 1. The third-order valence-electron chi connectivity index (χ3n) is 3.79. The summed E-state index contributed by atoms with van der Waals surface area (Å²) in [5.74, 6) is -0.198. The molecular weight excluding hydrogens is 338 g/mol. The van der Waals surface area contributed by atoms with Crippen molar-refractivity contribution in [3.63, 3.8) is 0 Å². The molecule has 1 amide bonds. The molecule has 21 heavy (non-hydrogen) atoms. The standard InChI is InChI=1S/C14H18BrN3O3/c15-11-5-4-10(8-12(11)18(20)21)17-13(19)9-14(16)6-2-1-3-7-14/h4-5,8H,1-3,6-7,9,16H2,(H,17,19). The second kappa shape index (κ2) is 6.53. The number of amides is 1. The number of nitro groups is 1. The summed E-state index contributed by atoms with van der Waals surface area (Å²) in [6.45, 7) is 0. The van der Waals surface area contributed by atoms with Crippen LogP contribution >= 0.6 is 15.9 Å². The van der Waals surface area contributed by atoms with E-state index >= 15 is 0 Å². The molecule has 1 aromatic rings. The van der Waals surface area contributed by atoms with Crippen LogP contribution < -0.4 is 11.1 Å². The van der Waals surface area contributed by atoms with Gasteiger partial charge in [0, 0.05) is 23.7 Å². The van der Waals surface area contributed by atoms with Crippen LogP contribution in [0.15, 0.2) is 22.7 Å². The summed E-state index contributed by atoms with van der Waals surface area (Å²) >= 11 is 3.11. The Hall–Kier alpha value is -1.47. The molecule has 1 fully saturated rings. The molecule has 1 aromatic carbocycles. The number of nitro benzene ring substituents is 1. The fourth-order valence-electron chi connectivity index (χ4n) is 2.69. The molecule has 6 nitrogen and oxygen atoms in total. The van der Waals surface area contributed by atoms with E-state index in [9.17, 15) is 14.9 Å². The van der Waals surface area contributed by atoms with Gasteiger partial charge >= 0.3 is 0 Å². The van der Waals surface area contributed by atoms with Gasteiger partial charge in [-0.2, -0.15) is 0 Å². The van der Waals surface area contributed by atoms with Crippen molar-refractivity contribution in [3.8, 4) is 0 Å². The van der Waals surface area contributed by atoms with E-state index in [4.69, 9.17) is 5.73 Å². The number of hydrogen-bond donors (Lipinski definition) is 2. The van der Waals surface area contributed by atoms with Crippen LogP contribution in [0, 0.1) is 10.1 Å². The number of nitrogens with zero attached hydrogens (tertiary/aromatic N) is 1. The van der Waals surface area contributed by atoms with Crippen molar-refractivity contribution in [3.05, 3.63) is 32.8 Å². The molecule has 7 heteroatoms. The van der Waals surface area contributed by atoms with E-state index < -0.39 is 10.5 Å². The van der Waals surface area contributed by atoms with Gasteiger partial charge in [-0.3, -0.25) is 14.9 Å². The summed E-state index contributed by atoms with van der Waals surface area (Å²) in [5, 5.41) is 13.6. The number of rotatable bonds is 4. The number of nitrogens with one attached hydrogen (secondary N) is 1. The van der Waals surface area contributed by atoms with Crippen LogP contribution in [0.3, 0.4) is 0 Å². The highest BCUT2D eigenvalue weighted by atomic mass is 79.9. The molecule has 0 saturated heterocycles. The Morgan fingerprint density at radius 3 is 2.67 bits per heavy atom. The molecule has 2 rings (SSSR count). The average molecular weight is 356 g/mol. The fraction of sp³-hybridized carbons (Fsp3) is 0.500. The van der Waals surface area contributed by atoms with Crippen LogP contribution in [0.25, 0.3) is 0 Å². The molecule has 1 saturated carbocycles. The first kappa shape index (κ1) is 15.9. The van der Waals surface area contributed by atoms with E-state index in [0.717, 1.165) is 25.7 Å². The fourth-order valence-corrected chi connectivity index (χ4v) is 3.08. The first-order valence-electron chi connectivity index (χ1n) is 6.92. The van der Waals surface area contributed by atoms with Crippen molar-refractivity contribution in [2.24, 2.45) is 5.73 Å². The topological polar surface area (TPSA) is 98.3 Å². The Morgan fingerprint density at radius 1 is 1.38 bits per heavy atom. The van der Waals surface area contributed by atoms with Gasteiger partial charge in [-0.1, -0.05) is 19.3 Å². The highest BCUT2D eigenvalue weighted by molar-refractivity contribution is 9.10. The monoisotopic (exact) mass is 355 g/mol. The van der Waals surface area contributed by atoms with Gasteiger partial charge in [0.05, 0.1) is 9.40 Å². The zero-order valence-electron chi connectivity index (χ0n) is 11.6. The Labute approximate surface area is 131 Å². The lowest BCUT2D eigenvalue weighted by Gasteiger charge is -2.32. The second-order valence-corrected chi connectivity index (χ2v) is 6.43. The number of hydrogen-bond acceptors (Lipinski definition) is 4. The number of carbonyl (C=O) groups excluding carboxylic acids is 1. The Morgan fingerprint density at radius 2 is 2.05 bits per heavy atom. The van der Waals surface area contributed by atoms with E-state index in [1.807, 2.05) is 0 Å². The summed E-state index contributed by atoms with van der Waals surface area (Å²) in [7, 11) is 0. The van der Waals surface area contributed by atoms with Crippen LogP contribution in [0.5, 0.6) is 0 Å². The van der Waals surface area contributed by atoms with E-state index in [1.165, 1.54) is 12.5 Å². The number of carbonyl (C=O) groups is 1. The van der Waals surface area contributed by atoms with E-state index in [0.29, 0.717) is 10.2 Å². The lowest BCUT2D eigenvalue weighted by molar-refractivity contribution is -0.385. The molecule has 0 atom stereocenters. The van der Waals surface area contributed by atoms with Gasteiger partial charge in [-0.25, -0.2) is 0 Å². The SMILES string of the molecule is NC1(CC(=O)Nc2ccc(Br)c([N+](=O)[O-])c2)CCCCC1. The van der Waals surface area contributed by atoms with Crippen molar-refractivity contribution < 1.29 is 9.72 Å². The van der Waals surface area contributed by atoms with Crippen LogP contribution in [0.4, 0.5) is 11.4 Å². The van der Waals surface area contributed by atoms with Crippen molar-refractivity contribution in [1.29, 1.82) is 0 Å². The maximum atomic E-state index is 12.1. The van der Waals surface area contributed by atoms with E-state index in [1.54, 1.807) is 12.1 Å². The molecule has 0 bridgehead atoms. The lowest BCUT2D eigenvalue weighted by Crippen LogP contribution is -2.44. The van der Waals surface area contributed by atoms with Gasteiger partial charge in [-0.15, -0.1) is 0 Å². The minimum absolute atomic E-state index is 0.0760. The van der Waals surface area contributed by atoms with Crippen LogP contribution in [0.1, 0.15) is 38.5 Å². The highest BCUT2D eigenvalue weighted by Crippen LogP contribution is 2.30. The molecule has 0 radical (unpaired) electrons. The predicted octanol–water partition coefficient (Wildman–Crippen LogP) is 3.35. The van der Waals surface area contributed by atoms with Crippen molar-refractivity contribution in [2.75, 3.05) is 5.32 Å². The number of benzene rings is 1. The first-order chi connectivity index (χ1) is 9.89. The average Bonchev–Trinajstić information content (AvgIpc) is 2.40. The van der Waals surface area contributed by atoms with Crippen LogP contribution in [-0.2, 0) is 4.79 Å². The third kappa shape index (κ3) is 4.25. The van der Waals surface area contributed by atoms with Gasteiger partial charge in [0.15, 0.2) is 0 Å². The summed E-state index contributed by atoms with van der Waals surface area (Å²) in [6, 6.07) is 4.51. The normalized spacial score (nSPS) is 17.2. The molecule has 0 unspecified atom stereocenters. The molecule has 114 valence electrons. The maximum Gasteiger partial charge on any atom is 0.285 e. The molecular formula is C14H18BrN3O3. The molecule has 1 aliphatic carbocycles. The maximum absolute atomic E-state index is 12.1. The highest BCUT2D eigenvalue weighted by Gasteiger charge is 2.30. The number of anilines is 1. The molecule has 3 N–H and O–H groups in total. The van der Waals surface area contributed by atoms with E-state index in [-0.39, 0.29) is 18.0 Å². The molecule has 0 aliphatic heterocycles. The second-order valence-electron chi connectivity index (χ2n) is 5.57. The predicted molar refractivity (Wildman–Crippen MR) is 84.0 cm³/mol. The van der Waals surface area contributed by atoms with Gasteiger partial charge < -0.3 is 11.1 Å². The lowest BCUT2D eigenvalue weighted by atomic mass is 9.80. The summed E-state index contributed by atoms with van der Waals surface area (Å²) in [4.78, 5) is 22.5. The Bertz CT molecular complexity index is 556. The van der Waals surface area contributed by atoms with Gasteiger partial charge in [-0.05, 0) is 40.9 Å². The van der Waals surface area contributed by atoms with Gasteiger partial charge in [0.25, 0.3) is 5.69 Å². The molecule has 0 heterocycles. The van der Waals surface area contributed by atoms with Crippen molar-refractivity contribution in [1.82, 2.24) is 0 Å². The largest absolute Gasteiger partial charge is 0.326 e. The molecule has 0 spiro atoms. The zero-order chi connectivity index (χ0) is 15.5. The Kier molecular flexibility index (Phi) is 4.95. The van der Waals surface area contributed by atoms with Crippen LogP contribution in [-0.4, -0.2) is 16.4 Å². The first-order valence-corrected chi connectivity index (χ1v) is 7.72. The summed E-state index contributed by atoms with van der Waals surface area (Å²) < 4.78 is 0.382. The quantitative estimate of drug-likeness (QED) is 0.638. The minimum atomic E-state index is -0.495. The van der Waals surface area contributed by atoms with Gasteiger partial charge in [0.2, 0.25) is 5.91 Å². The number of halogens is 1. The van der Waals surface area contributed by atoms with Crippen molar-refractivity contribution in [2.45, 2.75) is 44.1 Å². The third-order valence-corrected chi connectivity index (χ3v) is 4.46. The smallest absolute Gasteiger partial charge is 0.285 e. The van der Waals surface area contributed by atoms with Crippen molar-refractivity contribution >= 4 is 33.2 Å². The minimum Gasteiger partial charge on any atom is -0.326 e. The summed E-state index contributed by atoms with van der Waals surface area (Å²) in [6.07, 6.45) is 5.21. The summed E-state index contributed by atoms with van der Waals surface area (Å²) in [5.41, 5.74) is 6.13. The van der Waals surface area contributed by atoms with Gasteiger partial charge in [0.1, 0.15) is 0 Å².